The Bertz CT molecular complexity index is 493. The fourth-order valence-corrected chi connectivity index (χ4v) is 2.61. The Hall–Kier alpha value is -1.68. The van der Waals surface area contributed by atoms with Crippen molar-refractivity contribution >= 4 is 17.4 Å². The molecule has 1 aromatic carbocycles. The van der Waals surface area contributed by atoms with Crippen LogP contribution in [0.3, 0.4) is 0 Å². The maximum atomic E-state index is 12.3. The van der Waals surface area contributed by atoms with Gasteiger partial charge in [0, 0.05) is 5.56 Å². The summed E-state index contributed by atoms with van der Waals surface area (Å²) in [5.74, 6) is -0.0767. The zero-order valence-electron chi connectivity index (χ0n) is 12.2. The molecule has 4 nitrogen and oxygen atoms in total. The van der Waals surface area contributed by atoms with Gasteiger partial charge in [-0.2, -0.15) is 0 Å². The Balaban J connectivity index is 2.05. The van der Waals surface area contributed by atoms with Crippen LogP contribution in [0.2, 0.25) is 0 Å². The van der Waals surface area contributed by atoms with Gasteiger partial charge >= 0.3 is 0 Å². The fourth-order valence-electron chi connectivity index (χ4n) is 2.61. The highest BCUT2D eigenvalue weighted by Gasteiger charge is 2.23. The number of anilines is 1. The second-order valence-corrected chi connectivity index (χ2v) is 5.36. The second kappa shape index (κ2) is 6.66. The Labute approximate surface area is 120 Å². The summed E-state index contributed by atoms with van der Waals surface area (Å²) in [6.07, 6.45) is 3.56. The lowest BCUT2D eigenvalue weighted by molar-refractivity contribution is -0.121. The first-order valence-corrected chi connectivity index (χ1v) is 7.24. The molecule has 1 N–H and O–H groups in total. The van der Waals surface area contributed by atoms with Gasteiger partial charge in [0.15, 0.2) is 5.78 Å². The summed E-state index contributed by atoms with van der Waals surface area (Å²) in [6, 6.07) is 6.99. The van der Waals surface area contributed by atoms with Gasteiger partial charge in [-0.15, -0.1) is 0 Å². The van der Waals surface area contributed by atoms with E-state index in [1.807, 2.05) is 13.0 Å². The molecule has 1 atom stereocenters. The predicted octanol–water partition coefficient (Wildman–Crippen LogP) is 2.70. The van der Waals surface area contributed by atoms with Gasteiger partial charge in [0.25, 0.3) is 0 Å². The molecular formula is C16H22N2O2. The standard InChI is InChI=1S/C16H22N2O2/c1-12(18-10-6-3-7-11-18)16(20)17-15-9-5-4-8-14(15)13(2)19/h4-5,8-9,12H,3,6-7,10-11H2,1-2H3,(H,17,20)/t12-/m0/s1. The first kappa shape index (κ1) is 14.7. The van der Waals surface area contributed by atoms with Crippen molar-refractivity contribution in [3.8, 4) is 0 Å². The van der Waals surface area contributed by atoms with Crippen LogP contribution in [-0.4, -0.2) is 35.7 Å². The monoisotopic (exact) mass is 274 g/mol. The molecule has 1 amide bonds. The molecule has 4 heteroatoms. The van der Waals surface area contributed by atoms with Gasteiger partial charge in [-0.1, -0.05) is 18.6 Å². The molecule has 1 aliphatic rings. The lowest BCUT2D eigenvalue weighted by Gasteiger charge is -2.31. The molecule has 0 spiro atoms. The third-order valence-corrected chi connectivity index (χ3v) is 3.88. The Kier molecular flexibility index (Phi) is 4.90. The summed E-state index contributed by atoms with van der Waals surface area (Å²) in [5, 5.41) is 2.89. The summed E-state index contributed by atoms with van der Waals surface area (Å²) in [4.78, 5) is 26.1. The van der Waals surface area contributed by atoms with Crippen molar-refractivity contribution in [2.24, 2.45) is 0 Å². The van der Waals surface area contributed by atoms with E-state index in [0.717, 1.165) is 25.9 Å². The number of ketones is 1. The number of carbonyl (C=O) groups is 2. The van der Waals surface area contributed by atoms with E-state index in [9.17, 15) is 9.59 Å². The van der Waals surface area contributed by atoms with Crippen LogP contribution in [0.15, 0.2) is 24.3 Å². The van der Waals surface area contributed by atoms with E-state index in [-0.39, 0.29) is 17.7 Å². The normalized spacial score (nSPS) is 17.5. The molecular weight excluding hydrogens is 252 g/mol. The van der Waals surface area contributed by atoms with Gasteiger partial charge < -0.3 is 5.32 Å². The Morgan fingerprint density at radius 2 is 1.80 bits per heavy atom. The molecule has 0 aromatic heterocycles. The number of Topliss-reactive ketones (excluding diaryl/α,β-unsaturated/α-hetero) is 1. The summed E-state index contributed by atoms with van der Waals surface area (Å²) < 4.78 is 0. The fraction of sp³-hybridized carbons (Fsp3) is 0.500. The van der Waals surface area contributed by atoms with Gasteiger partial charge in [0.1, 0.15) is 0 Å². The number of likely N-dealkylation sites (tertiary alicyclic amines) is 1. The molecule has 0 aliphatic carbocycles. The molecule has 1 aliphatic heterocycles. The largest absolute Gasteiger partial charge is 0.324 e. The van der Waals surface area contributed by atoms with Crippen molar-refractivity contribution < 1.29 is 9.59 Å². The highest BCUT2D eigenvalue weighted by Crippen LogP contribution is 2.18. The lowest BCUT2D eigenvalue weighted by Crippen LogP contribution is -2.44. The van der Waals surface area contributed by atoms with E-state index in [2.05, 4.69) is 10.2 Å². The molecule has 2 rings (SSSR count). The number of hydrogen-bond acceptors (Lipinski definition) is 3. The summed E-state index contributed by atoms with van der Waals surface area (Å²) in [5.41, 5.74) is 1.17. The first-order chi connectivity index (χ1) is 9.59. The van der Waals surface area contributed by atoms with Crippen LogP contribution in [0.1, 0.15) is 43.5 Å². The zero-order valence-corrected chi connectivity index (χ0v) is 12.2. The van der Waals surface area contributed by atoms with Crippen LogP contribution in [0.25, 0.3) is 0 Å². The molecule has 0 bridgehead atoms. The molecule has 0 saturated carbocycles. The van der Waals surface area contributed by atoms with E-state index >= 15 is 0 Å². The number of para-hydroxylation sites is 1. The summed E-state index contributed by atoms with van der Waals surface area (Å²) in [7, 11) is 0. The van der Waals surface area contributed by atoms with Crippen molar-refractivity contribution in [3.05, 3.63) is 29.8 Å². The Morgan fingerprint density at radius 1 is 1.15 bits per heavy atom. The number of amides is 1. The summed E-state index contributed by atoms with van der Waals surface area (Å²) >= 11 is 0. The van der Waals surface area contributed by atoms with Crippen LogP contribution in [0.4, 0.5) is 5.69 Å². The average molecular weight is 274 g/mol. The van der Waals surface area contributed by atoms with E-state index in [0.29, 0.717) is 11.3 Å². The van der Waals surface area contributed by atoms with Crippen molar-refractivity contribution in [2.75, 3.05) is 18.4 Å². The molecule has 0 unspecified atom stereocenters. The maximum absolute atomic E-state index is 12.3. The third-order valence-electron chi connectivity index (χ3n) is 3.88. The van der Waals surface area contributed by atoms with Gasteiger partial charge in [0.2, 0.25) is 5.91 Å². The number of benzene rings is 1. The summed E-state index contributed by atoms with van der Waals surface area (Å²) in [6.45, 7) is 5.39. The molecule has 1 fully saturated rings. The number of rotatable bonds is 4. The zero-order chi connectivity index (χ0) is 14.5. The molecule has 1 aromatic rings. The Morgan fingerprint density at radius 3 is 2.45 bits per heavy atom. The van der Waals surface area contributed by atoms with Gasteiger partial charge in [-0.3, -0.25) is 14.5 Å². The number of nitrogens with zero attached hydrogens (tertiary/aromatic N) is 1. The minimum absolute atomic E-state index is 0.0356. The molecule has 0 radical (unpaired) electrons. The highest BCUT2D eigenvalue weighted by atomic mass is 16.2. The maximum Gasteiger partial charge on any atom is 0.241 e. The minimum Gasteiger partial charge on any atom is -0.324 e. The number of carbonyl (C=O) groups excluding carboxylic acids is 2. The lowest BCUT2D eigenvalue weighted by atomic mass is 10.1. The molecule has 1 heterocycles. The smallest absolute Gasteiger partial charge is 0.241 e. The van der Waals surface area contributed by atoms with Gasteiger partial charge in [-0.25, -0.2) is 0 Å². The van der Waals surface area contributed by atoms with Crippen molar-refractivity contribution in [2.45, 2.75) is 39.2 Å². The number of hydrogen-bond donors (Lipinski definition) is 1. The van der Waals surface area contributed by atoms with Gasteiger partial charge in [-0.05, 0) is 51.9 Å². The van der Waals surface area contributed by atoms with Crippen LogP contribution in [0, 0.1) is 0 Å². The van der Waals surface area contributed by atoms with Crippen LogP contribution < -0.4 is 5.32 Å². The third kappa shape index (κ3) is 3.45. The van der Waals surface area contributed by atoms with E-state index in [1.165, 1.54) is 13.3 Å². The molecule has 20 heavy (non-hydrogen) atoms. The van der Waals surface area contributed by atoms with E-state index < -0.39 is 0 Å². The SMILES string of the molecule is CC(=O)c1ccccc1NC(=O)[C@H](C)N1CCCCC1. The first-order valence-electron chi connectivity index (χ1n) is 7.24. The van der Waals surface area contributed by atoms with Gasteiger partial charge in [0.05, 0.1) is 11.7 Å². The van der Waals surface area contributed by atoms with Crippen LogP contribution >= 0.6 is 0 Å². The minimum atomic E-state index is -0.157. The highest BCUT2D eigenvalue weighted by molar-refractivity contribution is 6.04. The second-order valence-electron chi connectivity index (χ2n) is 5.36. The number of nitrogens with one attached hydrogen (secondary N) is 1. The van der Waals surface area contributed by atoms with E-state index in [4.69, 9.17) is 0 Å². The predicted molar refractivity (Wildman–Crippen MR) is 80.0 cm³/mol. The topological polar surface area (TPSA) is 49.4 Å². The van der Waals surface area contributed by atoms with Crippen molar-refractivity contribution in [1.29, 1.82) is 0 Å². The van der Waals surface area contributed by atoms with Crippen LogP contribution in [0.5, 0.6) is 0 Å². The van der Waals surface area contributed by atoms with Crippen molar-refractivity contribution in [1.82, 2.24) is 4.90 Å². The molecule has 1 saturated heterocycles. The van der Waals surface area contributed by atoms with Crippen molar-refractivity contribution in [3.63, 3.8) is 0 Å². The van der Waals surface area contributed by atoms with Crippen LogP contribution in [-0.2, 0) is 4.79 Å². The quantitative estimate of drug-likeness (QED) is 0.859. The molecule has 108 valence electrons. The number of piperidine rings is 1. The van der Waals surface area contributed by atoms with E-state index in [1.54, 1.807) is 18.2 Å². The average Bonchev–Trinajstić information content (AvgIpc) is 2.47.